The van der Waals surface area contributed by atoms with E-state index in [1.165, 1.54) is 25.3 Å². The number of nitrogens with zero attached hydrogens (tertiary/aromatic N) is 1. The lowest BCUT2D eigenvalue weighted by molar-refractivity contribution is 0.208. The molecule has 0 radical (unpaired) electrons. The first-order chi connectivity index (χ1) is 9.45. The monoisotopic (exact) mass is 296 g/mol. The highest BCUT2D eigenvalue weighted by Gasteiger charge is 2.12. The van der Waals surface area contributed by atoms with Gasteiger partial charge in [-0.2, -0.15) is 0 Å². The van der Waals surface area contributed by atoms with Crippen LogP contribution >= 0.6 is 12.2 Å². The largest absolute Gasteiger partial charge is 0.389 e. The summed E-state index contributed by atoms with van der Waals surface area (Å²) in [6.07, 6.45) is 3.65. The highest BCUT2D eigenvalue weighted by atomic mass is 32.1. The van der Waals surface area contributed by atoms with Crippen LogP contribution < -0.4 is 5.73 Å². The molecule has 2 nitrogen and oxygen atoms in total. The van der Waals surface area contributed by atoms with Crippen molar-refractivity contribution in [3.05, 3.63) is 35.1 Å². The standard InChI is InChI=1S/C16H25FN2S/c1-4-5-6-9-19(12(2)3)11-13-7-8-15(17)14(10-13)16(18)20/h7-8,10,12H,4-6,9,11H2,1-3H3,(H2,18,20). The van der Waals surface area contributed by atoms with E-state index in [0.29, 0.717) is 11.6 Å². The normalized spacial score (nSPS) is 11.3. The van der Waals surface area contributed by atoms with Crippen molar-refractivity contribution in [1.29, 1.82) is 0 Å². The number of halogens is 1. The summed E-state index contributed by atoms with van der Waals surface area (Å²) >= 11 is 4.88. The van der Waals surface area contributed by atoms with E-state index in [0.717, 1.165) is 18.7 Å². The average molecular weight is 296 g/mol. The molecule has 20 heavy (non-hydrogen) atoms. The third-order valence-electron chi connectivity index (χ3n) is 3.46. The first kappa shape index (κ1) is 17.1. The van der Waals surface area contributed by atoms with E-state index in [1.54, 1.807) is 6.07 Å². The van der Waals surface area contributed by atoms with E-state index in [2.05, 4.69) is 25.7 Å². The summed E-state index contributed by atoms with van der Waals surface area (Å²) in [5, 5.41) is 0. The number of hydrogen-bond donors (Lipinski definition) is 1. The molecule has 0 amide bonds. The molecule has 2 N–H and O–H groups in total. The Labute approximate surface area is 127 Å². The molecule has 0 unspecified atom stereocenters. The predicted molar refractivity (Wildman–Crippen MR) is 87.4 cm³/mol. The zero-order valence-electron chi connectivity index (χ0n) is 12.7. The Bertz CT molecular complexity index is 446. The Morgan fingerprint density at radius 2 is 2.05 bits per heavy atom. The molecule has 1 rings (SSSR count). The third-order valence-corrected chi connectivity index (χ3v) is 3.68. The van der Waals surface area contributed by atoms with Crippen LogP contribution in [-0.2, 0) is 6.54 Å². The van der Waals surface area contributed by atoms with Gasteiger partial charge in [-0.25, -0.2) is 4.39 Å². The molecule has 0 aliphatic carbocycles. The molecule has 0 fully saturated rings. The summed E-state index contributed by atoms with van der Waals surface area (Å²) < 4.78 is 13.6. The lowest BCUT2D eigenvalue weighted by Crippen LogP contribution is -2.31. The summed E-state index contributed by atoms with van der Waals surface area (Å²) in [5.41, 5.74) is 6.95. The number of benzene rings is 1. The molecule has 0 aliphatic heterocycles. The average Bonchev–Trinajstić information content (AvgIpc) is 2.39. The van der Waals surface area contributed by atoms with Crippen LogP contribution in [-0.4, -0.2) is 22.5 Å². The van der Waals surface area contributed by atoms with Crippen LogP contribution in [0, 0.1) is 5.82 Å². The zero-order chi connectivity index (χ0) is 15.1. The van der Waals surface area contributed by atoms with Crippen molar-refractivity contribution in [3.63, 3.8) is 0 Å². The Morgan fingerprint density at radius 3 is 2.60 bits per heavy atom. The fourth-order valence-electron chi connectivity index (χ4n) is 2.18. The number of nitrogens with two attached hydrogens (primary N) is 1. The molecule has 0 bridgehead atoms. The first-order valence-electron chi connectivity index (χ1n) is 7.28. The van der Waals surface area contributed by atoms with E-state index in [4.69, 9.17) is 18.0 Å². The van der Waals surface area contributed by atoms with Crippen LogP contribution in [0.3, 0.4) is 0 Å². The van der Waals surface area contributed by atoms with E-state index in [-0.39, 0.29) is 10.8 Å². The van der Waals surface area contributed by atoms with Crippen molar-refractivity contribution < 1.29 is 4.39 Å². The maximum absolute atomic E-state index is 13.6. The molecule has 0 saturated heterocycles. The fourth-order valence-corrected chi connectivity index (χ4v) is 2.34. The second-order valence-electron chi connectivity index (χ2n) is 5.45. The minimum atomic E-state index is -0.344. The van der Waals surface area contributed by atoms with E-state index < -0.39 is 0 Å². The number of thiocarbonyl (C=S) groups is 1. The van der Waals surface area contributed by atoms with Crippen molar-refractivity contribution >= 4 is 17.2 Å². The van der Waals surface area contributed by atoms with Gasteiger partial charge >= 0.3 is 0 Å². The van der Waals surface area contributed by atoms with E-state index >= 15 is 0 Å². The lowest BCUT2D eigenvalue weighted by Gasteiger charge is -2.26. The van der Waals surface area contributed by atoms with Crippen molar-refractivity contribution in [2.45, 2.75) is 52.6 Å². The smallest absolute Gasteiger partial charge is 0.133 e. The third kappa shape index (κ3) is 5.17. The summed E-state index contributed by atoms with van der Waals surface area (Å²) in [6, 6.07) is 5.50. The van der Waals surface area contributed by atoms with Gasteiger partial charge in [-0.05, 0) is 44.5 Å². The summed E-state index contributed by atoms with van der Waals surface area (Å²) in [7, 11) is 0. The second kappa shape index (κ2) is 8.32. The fraction of sp³-hybridized carbons (Fsp3) is 0.562. The van der Waals surface area contributed by atoms with Gasteiger partial charge in [0.25, 0.3) is 0 Å². The van der Waals surface area contributed by atoms with Gasteiger partial charge in [0.05, 0.1) is 0 Å². The molecule has 0 spiro atoms. The van der Waals surface area contributed by atoms with Gasteiger partial charge < -0.3 is 5.73 Å². The molecular weight excluding hydrogens is 271 g/mol. The lowest BCUT2D eigenvalue weighted by atomic mass is 10.1. The second-order valence-corrected chi connectivity index (χ2v) is 5.89. The Hall–Kier alpha value is -1.00. The molecule has 0 saturated carbocycles. The first-order valence-corrected chi connectivity index (χ1v) is 7.68. The van der Waals surface area contributed by atoms with Crippen LogP contribution in [0.25, 0.3) is 0 Å². The molecule has 112 valence electrons. The molecular formula is C16H25FN2S. The zero-order valence-corrected chi connectivity index (χ0v) is 13.5. The molecule has 1 aromatic rings. The van der Waals surface area contributed by atoms with Gasteiger partial charge in [-0.1, -0.05) is 38.0 Å². The minimum Gasteiger partial charge on any atom is -0.389 e. The van der Waals surface area contributed by atoms with Crippen molar-refractivity contribution in [2.24, 2.45) is 5.73 Å². The summed E-state index contributed by atoms with van der Waals surface area (Å²) in [5.74, 6) is -0.344. The number of hydrogen-bond acceptors (Lipinski definition) is 2. The van der Waals surface area contributed by atoms with Crippen LogP contribution in [0.5, 0.6) is 0 Å². The molecule has 0 aliphatic rings. The number of unbranched alkanes of at least 4 members (excludes halogenated alkanes) is 2. The Kier molecular flexibility index (Phi) is 7.10. The highest BCUT2D eigenvalue weighted by molar-refractivity contribution is 7.80. The van der Waals surface area contributed by atoms with Gasteiger partial charge in [-0.3, -0.25) is 4.90 Å². The minimum absolute atomic E-state index is 0.117. The topological polar surface area (TPSA) is 29.3 Å². The van der Waals surface area contributed by atoms with Gasteiger partial charge in [0.2, 0.25) is 0 Å². The summed E-state index contributed by atoms with van der Waals surface area (Å²) in [4.78, 5) is 2.51. The van der Waals surface area contributed by atoms with Crippen molar-refractivity contribution in [2.75, 3.05) is 6.54 Å². The Balaban J connectivity index is 2.78. The van der Waals surface area contributed by atoms with Gasteiger partial charge in [0, 0.05) is 18.2 Å². The predicted octanol–water partition coefficient (Wildman–Crippen LogP) is 3.86. The maximum atomic E-state index is 13.6. The molecule has 4 heteroatoms. The molecule has 0 aromatic heterocycles. The molecule has 0 heterocycles. The maximum Gasteiger partial charge on any atom is 0.133 e. The van der Waals surface area contributed by atoms with E-state index in [9.17, 15) is 4.39 Å². The van der Waals surface area contributed by atoms with Crippen LogP contribution in [0.2, 0.25) is 0 Å². The van der Waals surface area contributed by atoms with Gasteiger partial charge in [0.15, 0.2) is 0 Å². The number of rotatable bonds is 8. The van der Waals surface area contributed by atoms with Crippen LogP contribution in [0.15, 0.2) is 18.2 Å². The highest BCUT2D eigenvalue weighted by Crippen LogP contribution is 2.15. The quantitative estimate of drug-likeness (QED) is 0.583. The van der Waals surface area contributed by atoms with Gasteiger partial charge in [-0.15, -0.1) is 0 Å². The molecule has 1 aromatic carbocycles. The van der Waals surface area contributed by atoms with Crippen molar-refractivity contribution in [3.8, 4) is 0 Å². The van der Waals surface area contributed by atoms with Crippen LogP contribution in [0.1, 0.15) is 51.2 Å². The van der Waals surface area contributed by atoms with E-state index in [1.807, 2.05) is 6.07 Å². The van der Waals surface area contributed by atoms with Crippen LogP contribution in [0.4, 0.5) is 4.39 Å². The SMILES string of the molecule is CCCCCN(Cc1ccc(F)c(C(N)=S)c1)C(C)C. The Morgan fingerprint density at radius 1 is 1.35 bits per heavy atom. The van der Waals surface area contributed by atoms with Crippen molar-refractivity contribution in [1.82, 2.24) is 4.90 Å². The molecule has 0 atom stereocenters. The summed E-state index contributed by atoms with van der Waals surface area (Å²) in [6.45, 7) is 8.44. The van der Waals surface area contributed by atoms with Gasteiger partial charge in [0.1, 0.15) is 10.8 Å².